The standard InChI is InChI=1S/C16H24N2O3S/c1-12-7-9-14(10-8-12)22(20,21)18-15(11-16(17)19)13-5-3-2-4-6-13/h7-10,13,15,18H,2-6,11H2,1H3,(H2,17,19). The molecule has 0 radical (unpaired) electrons. The van der Waals surface area contributed by atoms with Crippen molar-refractivity contribution < 1.29 is 13.2 Å². The van der Waals surface area contributed by atoms with Gasteiger partial charge in [0.15, 0.2) is 0 Å². The summed E-state index contributed by atoms with van der Waals surface area (Å²) in [5.74, 6) is -0.288. The third-order valence-electron chi connectivity index (χ3n) is 4.28. The third-order valence-corrected chi connectivity index (χ3v) is 5.78. The molecular formula is C16H24N2O3S. The molecule has 6 heteroatoms. The average Bonchev–Trinajstić information content (AvgIpc) is 2.47. The monoisotopic (exact) mass is 324 g/mol. The zero-order valence-electron chi connectivity index (χ0n) is 12.9. The van der Waals surface area contributed by atoms with Crippen LogP contribution in [-0.4, -0.2) is 20.4 Å². The van der Waals surface area contributed by atoms with Crippen LogP contribution in [-0.2, 0) is 14.8 Å². The predicted octanol–water partition coefficient (Wildman–Crippen LogP) is 2.10. The van der Waals surface area contributed by atoms with E-state index in [0.717, 1.165) is 31.2 Å². The number of primary amides is 1. The third kappa shape index (κ3) is 4.55. The predicted molar refractivity (Wildman–Crippen MR) is 85.7 cm³/mol. The molecule has 1 unspecified atom stereocenters. The minimum absolute atomic E-state index is 0.0513. The normalized spacial score (nSPS) is 18.0. The number of carbonyl (C=O) groups excluding carboxylic acids is 1. The van der Waals surface area contributed by atoms with E-state index in [1.54, 1.807) is 24.3 Å². The lowest BCUT2D eigenvalue weighted by molar-refractivity contribution is -0.118. The maximum Gasteiger partial charge on any atom is 0.240 e. The molecule has 1 fully saturated rings. The highest BCUT2D eigenvalue weighted by Crippen LogP contribution is 2.28. The summed E-state index contributed by atoms with van der Waals surface area (Å²) >= 11 is 0. The molecule has 1 amide bonds. The van der Waals surface area contributed by atoms with Crippen LogP contribution >= 0.6 is 0 Å². The van der Waals surface area contributed by atoms with E-state index in [2.05, 4.69) is 4.72 Å². The van der Waals surface area contributed by atoms with Crippen molar-refractivity contribution in [2.24, 2.45) is 11.7 Å². The summed E-state index contributed by atoms with van der Waals surface area (Å²) in [6, 6.07) is 6.28. The average molecular weight is 324 g/mol. The Labute approximate surface area is 132 Å². The van der Waals surface area contributed by atoms with Crippen LogP contribution in [0.2, 0.25) is 0 Å². The summed E-state index contributed by atoms with van der Waals surface area (Å²) in [5.41, 5.74) is 6.30. The van der Waals surface area contributed by atoms with Crippen molar-refractivity contribution in [3.63, 3.8) is 0 Å². The van der Waals surface area contributed by atoms with Crippen LogP contribution in [0.5, 0.6) is 0 Å². The quantitative estimate of drug-likeness (QED) is 0.839. The van der Waals surface area contributed by atoms with Crippen molar-refractivity contribution >= 4 is 15.9 Å². The van der Waals surface area contributed by atoms with Crippen LogP contribution in [0.1, 0.15) is 44.1 Å². The van der Waals surface area contributed by atoms with Crippen LogP contribution in [0.3, 0.4) is 0 Å². The SMILES string of the molecule is Cc1ccc(S(=O)(=O)NC(CC(N)=O)C2CCCCC2)cc1. The molecule has 3 N–H and O–H groups in total. The molecular weight excluding hydrogens is 300 g/mol. The Hall–Kier alpha value is -1.40. The van der Waals surface area contributed by atoms with E-state index in [1.807, 2.05) is 6.92 Å². The second kappa shape index (κ2) is 7.24. The van der Waals surface area contributed by atoms with E-state index < -0.39 is 22.0 Å². The second-order valence-corrected chi connectivity index (χ2v) is 7.82. The van der Waals surface area contributed by atoms with Gasteiger partial charge in [-0.15, -0.1) is 0 Å². The summed E-state index contributed by atoms with van der Waals surface area (Å²) in [6.07, 6.45) is 5.25. The molecule has 0 saturated heterocycles. The van der Waals surface area contributed by atoms with Gasteiger partial charge in [0.05, 0.1) is 4.90 Å². The van der Waals surface area contributed by atoms with Gasteiger partial charge < -0.3 is 5.73 Å². The Bertz CT molecular complexity index is 605. The number of carbonyl (C=O) groups is 1. The van der Waals surface area contributed by atoms with E-state index in [4.69, 9.17) is 5.73 Å². The molecule has 22 heavy (non-hydrogen) atoms. The highest BCUT2D eigenvalue weighted by Gasteiger charge is 2.29. The van der Waals surface area contributed by atoms with Crippen LogP contribution in [0.4, 0.5) is 0 Å². The van der Waals surface area contributed by atoms with Crippen molar-refractivity contribution in [3.8, 4) is 0 Å². The molecule has 1 aliphatic carbocycles. The molecule has 1 atom stereocenters. The molecule has 0 heterocycles. The number of hydrogen-bond acceptors (Lipinski definition) is 3. The van der Waals surface area contributed by atoms with E-state index in [0.29, 0.717) is 0 Å². The maximum absolute atomic E-state index is 12.5. The Kier molecular flexibility index (Phi) is 5.58. The molecule has 1 saturated carbocycles. The molecule has 0 bridgehead atoms. The van der Waals surface area contributed by atoms with Gasteiger partial charge in [-0.3, -0.25) is 4.79 Å². The molecule has 0 aliphatic heterocycles. The fourth-order valence-electron chi connectivity index (χ4n) is 3.04. The summed E-state index contributed by atoms with van der Waals surface area (Å²) in [6.45, 7) is 1.90. The summed E-state index contributed by atoms with van der Waals surface area (Å²) in [5, 5.41) is 0. The number of amides is 1. The molecule has 5 nitrogen and oxygen atoms in total. The van der Waals surface area contributed by atoms with Crippen LogP contribution < -0.4 is 10.5 Å². The van der Waals surface area contributed by atoms with Crippen molar-refractivity contribution in [1.82, 2.24) is 4.72 Å². The van der Waals surface area contributed by atoms with E-state index in [1.165, 1.54) is 6.42 Å². The topological polar surface area (TPSA) is 89.3 Å². The van der Waals surface area contributed by atoms with E-state index in [9.17, 15) is 13.2 Å². The lowest BCUT2D eigenvalue weighted by Gasteiger charge is -2.30. The molecule has 0 spiro atoms. The minimum Gasteiger partial charge on any atom is -0.370 e. The summed E-state index contributed by atoms with van der Waals surface area (Å²) in [7, 11) is -3.63. The second-order valence-electron chi connectivity index (χ2n) is 6.11. The van der Waals surface area contributed by atoms with Crippen molar-refractivity contribution in [1.29, 1.82) is 0 Å². The number of nitrogens with two attached hydrogens (primary N) is 1. The summed E-state index contributed by atoms with van der Waals surface area (Å²) in [4.78, 5) is 11.5. The van der Waals surface area contributed by atoms with Gasteiger partial charge in [-0.2, -0.15) is 0 Å². The fourth-order valence-corrected chi connectivity index (χ4v) is 4.35. The lowest BCUT2D eigenvalue weighted by atomic mass is 9.83. The molecule has 1 aromatic rings. The maximum atomic E-state index is 12.5. The first kappa shape index (κ1) is 17.0. The Morgan fingerprint density at radius 3 is 2.36 bits per heavy atom. The van der Waals surface area contributed by atoms with Gasteiger partial charge in [-0.1, -0.05) is 37.0 Å². The zero-order valence-corrected chi connectivity index (χ0v) is 13.7. The Morgan fingerprint density at radius 2 is 1.82 bits per heavy atom. The van der Waals surface area contributed by atoms with Crippen molar-refractivity contribution in [2.75, 3.05) is 0 Å². The van der Waals surface area contributed by atoms with Crippen LogP contribution in [0.25, 0.3) is 0 Å². The fraction of sp³-hybridized carbons (Fsp3) is 0.562. The Morgan fingerprint density at radius 1 is 1.23 bits per heavy atom. The van der Waals surface area contributed by atoms with Crippen LogP contribution in [0.15, 0.2) is 29.2 Å². The van der Waals surface area contributed by atoms with Gasteiger partial charge in [0.1, 0.15) is 0 Å². The molecule has 122 valence electrons. The highest BCUT2D eigenvalue weighted by atomic mass is 32.2. The number of aryl methyl sites for hydroxylation is 1. The van der Waals surface area contributed by atoms with Crippen LogP contribution in [0, 0.1) is 12.8 Å². The molecule has 1 aliphatic rings. The highest BCUT2D eigenvalue weighted by molar-refractivity contribution is 7.89. The minimum atomic E-state index is -3.63. The van der Waals surface area contributed by atoms with Gasteiger partial charge in [-0.25, -0.2) is 13.1 Å². The van der Waals surface area contributed by atoms with E-state index in [-0.39, 0.29) is 17.2 Å². The Balaban J connectivity index is 2.17. The number of sulfonamides is 1. The first-order valence-electron chi connectivity index (χ1n) is 7.76. The molecule has 1 aromatic carbocycles. The first-order chi connectivity index (χ1) is 10.4. The lowest BCUT2D eigenvalue weighted by Crippen LogP contribution is -2.43. The smallest absolute Gasteiger partial charge is 0.240 e. The van der Waals surface area contributed by atoms with Gasteiger partial charge in [0.2, 0.25) is 15.9 Å². The van der Waals surface area contributed by atoms with Crippen molar-refractivity contribution in [3.05, 3.63) is 29.8 Å². The van der Waals surface area contributed by atoms with Crippen molar-refractivity contribution in [2.45, 2.75) is 56.4 Å². The zero-order chi connectivity index (χ0) is 16.2. The van der Waals surface area contributed by atoms with Gasteiger partial charge >= 0.3 is 0 Å². The van der Waals surface area contributed by atoms with Gasteiger partial charge in [0.25, 0.3) is 0 Å². The first-order valence-corrected chi connectivity index (χ1v) is 9.24. The largest absolute Gasteiger partial charge is 0.370 e. The van der Waals surface area contributed by atoms with Gasteiger partial charge in [-0.05, 0) is 37.8 Å². The number of hydrogen-bond donors (Lipinski definition) is 2. The number of rotatable bonds is 6. The molecule has 2 rings (SSSR count). The summed E-state index contributed by atoms with van der Waals surface area (Å²) < 4.78 is 27.7. The van der Waals surface area contributed by atoms with Gasteiger partial charge in [0, 0.05) is 12.5 Å². The number of nitrogens with one attached hydrogen (secondary N) is 1. The van der Waals surface area contributed by atoms with E-state index >= 15 is 0 Å². The molecule has 0 aromatic heterocycles. The number of benzene rings is 1.